The Morgan fingerprint density at radius 3 is 2.52 bits per heavy atom. The Labute approximate surface area is 153 Å². The number of aryl methyl sites for hydroxylation is 2. The van der Waals surface area contributed by atoms with Crippen LogP contribution in [0.15, 0.2) is 59.8 Å². The van der Waals surface area contributed by atoms with Gasteiger partial charge < -0.3 is 4.74 Å². The zero-order valence-corrected chi connectivity index (χ0v) is 15.5. The van der Waals surface area contributed by atoms with E-state index in [9.17, 15) is 0 Å². The summed E-state index contributed by atoms with van der Waals surface area (Å²) >= 11 is 1.75. The van der Waals surface area contributed by atoms with Crippen molar-refractivity contribution >= 4 is 11.8 Å². The number of methoxy groups -OCH3 is 1. The predicted octanol–water partition coefficient (Wildman–Crippen LogP) is 4.70. The molecule has 0 saturated heterocycles. The van der Waals surface area contributed by atoms with Crippen LogP contribution in [0, 0.1) is 6.92 Å². The van der Waals surface area contributed by atoms with Crippen molar-refractivity contribution in [2.45, 2.75) is 31.3 Å². The quantitative estimate of drug-likeness (QED) is 0.435. The lowest BCUT2D eigenvalue weighted by Gasteiger charge is -2.12. The van der Waals surface area contributed by atoms with Crippen LogP contribution < -0.4 is 4.74 Å². The lowest BCUT2D eigenvalue weighted by Crippen LogP contribution is -2.02. The zero-order valence-electron chi connectivity index (χ0n) is 14.7. The van der Waals surface area contributed by atoms with Crippen molar-refractivity contribution in [3.63, 3.8) is 0 Å². The molecule has 0 radical (unpaired) electrons. The van der Waals surface area contributed by atoms with Gasteiger partial charge in [-0.1, -0.05) is 54.2 Å². The number of rotatable bonds is 8. The molecule has 0 spiro atoms. The van der Waals surface area contributed by atoms with Crippen molar-refractivity contribution in [3.05, 3.63) is 66.0 Å². The van der Waals surface area contributed by atoms with Crippen molar-refractivity contribution in [3.8, 4) is 11.4 Å². The van der Waals surface area contributed by atoms with E-state index in [1.54, 1.807) is 18.9 Å². The molecule has 0 atom stereocenters. The van der Waals surface area contributed by atoms with Crippen molar-refractivity contribution in [1.82, 2.24) is 14.8 Å². The molecule has 0 aliphatic carbocycles. The number of benzene rings is 2. The largest absolute Gasteiger partial charge is 0.495 e. The second kappa shape index (κ2) is 8.72. The van der Waals surface area contributed by atoms with Crippen LogP contribution in [0.2, 0.25) is 0 Å². The summed E-state index contributed by atoms with van der Waals surface area (Å²) < 4.78 is 7.56. The Bertz CT molecular complexity index is 802. The van der Waals surface area contributed by atoms with Crippen molar-refractivity contribution in [2.24, 2.45) is 0 Å². The number of nitrogens with zero attached hydrogens (tertiary/aromatic N) is 3. The van der Waals surface area contributed by atoms with Crippen LogP contribution in [-0.4, -0.2) is 27.6 Å². The smallest absolute Gasteiger partial charge is 0.195 e. The van der Waals surface area contributed by atoms with Gasteiger partial charge in [-0.15, -0.1) is 10.2 Å². The summed E-state index contributed by atoms with van der Waals surface area (Å²) in [6.07, 6.45) is 3.45. The summed E-state index contributed by atoms with van der Waals surface area (Å²) in [5, 5.41) is 9.51. The lowest BCUT2D eigenvalue weighted by atomic mass is 10.1. The number of hydrogen-bond acceptors (Lipinski definition) is 4. The van der Waals surface area contributed by atoms with E-state index >= 15 is 0 Å². The van der Waals surface area contributed by atoms with Gasteiger partial charge in [0.1, 0.15) is 11.6 Å². The minimum Gasteiger partial charge on any atom is -0.495 e. The first-order valence-electron chi connectivity index (χ1n) is 8.51. The van der Waals surface area contributed by atoms with Crippen molar-refractivity contribution in [1.29, 1.82) is 0 Å². The number of hydrogen-bond donors (Lipinski definition) is 0. The Hall–Kier alpha value is -2.27. The Morgan fingerprint density at radius 1 is 0.960 bits per heavy atom. The molecule has 0 aliphatic rings. The molecule has 4 nitrogen and oxygen atoms in total. The molecule has 0 saturated carbocycles. The van der Waals surface area contributed by atoms with Crippen LogP contribution in [-0.2, 0) is 6.42 Å². The standard InChI is InChI=1S/C20H23N3OS/c1-16-21-22-20(23(16)18-13-6-7-14-19(18)24-2)25-15-9-8-12-17-10-4-3-5-11-17/h3-7,10-11,13-14H,8-9,12,15H2,1-2H3. The minimum absolute atomic E-state index is 0.830. The zero-order chi connectivity index (χ0) is 17.5. The fourth-order valence-electron chi connectivity index (χ4n) is 2.77. The number of unbranched alkanes of at least 4 members (excludes halogenated alkanes) is 1. The molecule has 3 rings (SSSR count). The highest BCUT2D eigenvalue weighted by Gasteiger charge is 2.14. The van der Waals surface area contributed by atoms with E-state index < -0.39 is 0 Å². The molecule has 1 heterocycles. The summed E-state index contributed by atoms with van der Waals surface area (Å²) in [7, 11) is 1.69. The number of aromatic nitrogens is 3. The molecule has 0 fully saturated rings. The van der Waals surface area contributed by atoms with E-state index in [2.05, 4.69) is 45.1 Å². The molecule has 3 aromatic rings. The molecule has 0 bridgehead atoms. The molecule has 130 valence electrons. The van der Waals surface area contributed by atoms with E-state index in [1.165, 1.54) is 12.0 Å². The maximum Gasteiger partial charge on any atom is 0.195 e. The van der Waals surface area contributed by atoms with Gasteiger partial charge in [0.25, 0.3) is 0 Å². The van der Waals surface area contributed by atoms with Gasteiger partial charge in [0, 0.05) is 5.75 Å². The number of thioether (sulfide) groups is 1. The van der Waals surface area contributed by atoms with Crippen molar-refractivity contribution in [2.75, 3.05) is 12.9 Å². The number of para-hydroxylation sites is 2. The molecule has 0 unspecified atom stereocenters. The molecule has 2 aromatic carbocycles. The molecular weight excluding hydrogens is 330 g/mol. The second-order valence-electron chi connectivity index (χ2n) is 5.83. The average molecular weight is 353 g/mol. The fourth-order valence-corrected chi connectivity index (χ4v) is 3.76. The van der Waals surface area contributed by atoms with Gasteiger partial charge in [-0.3, -0.25) is 4.57 Å². The Balaban J connectivity index is 1.60. The topological polar surface area (TPSA) is 39.9 Å². The number of ether oxygens (including phenoxy) is 1. The first-order valence-corrected chi connectivity index (χ1v) is 9.50. The fraction of sp³-hybridized carbons (Fsp3) is 0.300. The van der Waals surface area contributed by atoms with E-state index in [0.29, 0.717) is 0 Å². The minimum atomic E-state index is 0.830. The maximum atomic E-state index is 5.49. The summed E-state index contributed by atoms with van der Waals surface area (Å²) in [6, 6.07) is 18.6. The van der Waals surface area contributed by atoms with Crippen LogP contribution in [0.5, 0.6) is 5.75 Å². The third kappa shape index (κ3) is 4.42. The monoisotopic (exact) mass is 353 g/mol. The van der Waals surface area contributed by atoms with Gasteiger partial charge in [0.2, 0.25) is 0 Å². The van der Waals surface area contributed by atoms with Gasteiger partial charge >= 0.3 is 0 Å². The van der Waals surface area contributed by atoms with Crippen LogP contribution in [0.3, 0.4) is 0 Å². The van der Waals surface area contributed by atoms with Gasteiger partial charge in [-0.05, 0) is 43.9 Å². The first-order chi connectivity index (χ1) is 12.3. The lowest BCUT2D eigenvalue weighted by molar-refractivity contribution is 0.412. The van der Waals surface area contributed by atoms with Gasteiger partial charge in [0.05, 0.1) is 12.8 Å². The van der Waals surface area contributed by atoms with E-state index in [0.717, 1.165) is 41.0 Å². The van der Waals surface area contributed by atoms with E-state index in [1.807, 2.05) is 31.2 Å². The molecule has 25 heavy (non-hydrogen) atoms. The van der Waals surface area contributed by atoms with Crippen LogP contribution in [0.25, 0.3) is 5.69 Å². The predicted molar refractivity (Wildman–Crippen MR) is 103 cm³/mol. The summed E-state index contributed by atoms with van der Waals surface area (Å²) in [5.74, 6) is 2.73. The second-order valence-corrected chi connectivity index (χ2v) is 6.89. The Morgan fingerprint density at radius 2 is 1.72 bits per heavy atom. The van der Waals surface area contributed by atoms with Crippen LogP contribution >= 0.6 is 11.8 Å². The summed E-state index contributed by atoms with van der Waals surface area (Å²) in [6.45, 7) is 1.97. The van der Waals surface area contributed by atoms with Crippen LogP contribution in [0.4, 0.5) is 0 Å². The third-order valence-electron chi connectivity index (χ3n) is 4.06. The molecule has 1 aromatic heterocycles. The molecule has 0 aliphatic heterocycles. The first kappa shape index (κ1) is 17.5. The SMILES string of the molecule is COc1ccccc1-n1c(C)nnc1SCCCCc1ccccc1. The highest BCUT2D eigenvalue weighted by molar-refractivity contribution is 7.99. The van der Waals surface area contributed by atoms with Gasteiger partial charge in [-0.2, -0.15) is 0 Å². The molecular formula is C20H23N3OS. The normalized spacial score (nSPS) is 10.8. The van der Waals surface area contributed by atoms with Crippen molar-refractivity contribution < 1.29 is 4.74 Å². The highest BCUT2D eigenvalue weighted by atomic mass is 32.2. The third-order valence-corrected chi connectivity index (χ3v) is 5.07. The van der Waals surface area contributed by atoms with E-state index in [4.69, 9.17) is 4.74 Å². The highest BCUT2D eigenvalue weighted by Crippen LogP contribution is 2.28. The summed E-state index contributed by atoms with van der Waals surface area (Å²) in [4.78, 5) is 0. The maximum absolute atomic E-state index is 5.49. The van der Waals surface area contributed by atoms with Crippen LogP contribution in [0.1, 0.15) is 24.2 Å². The van der Waals surface area contributed by atoms with Gasteiger partial charge in [0.15, 0.2) is 5.16 Å². The Kier molecular flexibility index (Phi) is 6.12. The molecule has 0 amide bonds. The molecule has 0 N–H and O–H groups in total. The van der Waals surface area contributed by atoms with E-state index in [-0.39, 0.29) is 0 Å². The van der Waals surface area contributed by atoms with Gasteiger partial charge in [-0.25, -0.2) is 0 Å². The average Bonchev–Trinajstić information content (AvgIpc) is 3.02. The molecule has 5 heteroatoms. The summed E-state index contributed by atoms with van der Waals surface area (Å²) in [5.41, 5.74) is 2.39.